The van der Waals surface area contributed by atoms with Gasteiger partial charge in [0.2, 0.25) is 0 Å². The second kappa shape index (κ2) is 11.2. The lowest BCUT2D eigenvalue weighted by Crippen LogP contribution is -2.15. The summed E-state index contributed by atoms with van der Waals surface area (Å²) in [6, 6.07) is 19.8. The Kier molecular flexibility index (Phi) is 7.66. The minimum Gasteiger partial charge on any atom is -0.493 e. The van der Waals surface area contributed by atoms with Crippen molar-refractivity contribution in [3.63, 3.8) is 0 Å². The number of para-hydroxylation sites is 1. The van der Waals surface area contributed by atoms with Gasteiger partial charge in [0.15, 0.2) is 17.2 Å². The lowest BCUT2D eigenvalue weighted by Gasteiger charge is -2.12. The lowest BCUT2D eigenvalue weighted by molar-refractivity contribution is -0.384. The highest BCUT2D eigenvalue weighted by atomic mass is 16.6. The molecule has 0 fully saturated rings. The molecule has 0 saturated heterocycles. The van der Waals surface area contributed by atoms with Crippen molar-refractivity contribution < 1.29 is 33.5 Å². The Morgan fingerprint density at radius 2 is 1.58 bits per heavy atom. The van der Waals surface area contributed by atoms with Crippen LogP contribution < -0.4 is 9.47 Å². The summed E-state index contributed by atoms with van der Waals surface area (Å²) >= 11 is 0. The Bertz CT molecular complexity index is 1480. The molecule has 11 nitrogen and oxygen atoms in total. The van der Waals surface area contributed by atoms with Crippen molar-refractivity contribution in [3.05, 3.63) is 99.7 Å². The third kappa shape index (κ3) is 5.16. The number of hydrogen-bond donors (Lipinski definition) is 0. The number of benzene rings is 3. The van der Waals surface area contributed by atoms with Crippen LogP contribution in [0.5, 0.6) is 11.5 Å². The molecule has 0 aliphatic rings. The van der Waals surface area contributed by atoms with Gasteiger partial charge in [-0.25, -0.2) is 14.3 Å². The normalized spacial score (nSPS) is 10.5. The molecule has 11 heteroatoms. The van der Waals surface area contributed by atoms with Crippen molar-refractivity contribution in [2.45, 2.75) is 6.61 Å². The Hall–Kier alpha value is -5.19. The maximum absolute atomic E-state index is 12.9. The molecule has 194 valence electrons. The van der Waals surface area contributed by atoms with E-state index in [2.05, 4.69) is 5.10 Å². The smallest absolute Gasteiger partial charge is 0.357 e. The van der Waals surface area contributed by atoms with E-state index < -0.39 is 16.9 Å². The number of carbonyl (C=O) groups is 2. The Morgan fingerprint density at radius 3 is 2.18 bits per heavy atom. The fourth-order valence-corrected chi connectivity index (χ4v) is 3.77. The molecule has 1 heterocycles. The molecular formula is C27H23N3O8. The summed E-state index contributed by atoms with van der Waals surface area (Å²) < 4.78 is 22.6. The molecule has 4 aromatic rings. The first-order valence-electron chi connectivity index (χ1n) is 11.3. The molecular weight excluding hydrogens is 494 g/mol. The zero-order chi connectivity index (χ0) is 27.2. The van der Waals surface area contributed by atoms with Gasteiger partial charge in [0, 0.05) is 17.7 Å². The average molecular weight is 517 g/mol. The van der Waals surface area contributed by atoms with Crippen LogP contribution in [0.4, 0.5) is 5.69 Å². The number of nitro groups is 1. The maximum Gasteiger partial charge on any atom is 0.357 e. The zero-order valence-corrected chi connectivity index (χ0v) is 20.7. The summed E-state index contributed by atoms with van der Waals surface area (Å²) in [5.74, 6) is -0.790. The standard InChI is InChI=1S/C27H23N3O8/c1-35-22-15-18(11-14-21(22)38-16-17-9-12-20(13-10-17)30(33)34)24-23(26(31)36-2)25(27(32)37-3)29(28-24)19-7-5-4-6-8-19/h4-15H,16H2,1-3H3. The molecule has 1 aromatic heterocycles. The van der Waals surface area contributed by atoms with Crippen LogP contribution in [0.1, 0.15) is 26.4 Å². The summed E-state index contributed by atoms with van der Waals surface area (Å²) in [5, 5.41) is 15.4. The number of hydrogen-bond acceptors (Lipinski definition) is 9. The highest BCUT2D eigenvalue weighted by Crippen LogP contribution is 2.36. The molecule has 3 aromatic carbocycles. The van der Waals surface area contributed by atoms with Gasteiger partial charge in [-0.3, -0.25) is 10.1 Å². The fourth-order valence-electron chi connectivity index (χ4n) is 3.77. The monoisotopic (exact) mass is 517 g/mol. The van der Waals surface area contributed by atoms with Gasteiger partial charge in [-0.05, 0) is 48.0 Å². The quantitative estimate of drug-likeness (QED) is 0.177. The summed E-state index contributed by atoms with van der Waals surface area (Å²) in [7, 11) is 3.88. The number of methoxy groups -OCH3 is 3. The van der Waals surface area contributed by atoms with Gasteiger partial charge in [-0.2, -0.15) is 5.10 Å². The van der Waals surface area contributed by atoms with E-state index in [9.17, 15) is 19.7 Å². The molecule has 0 aliphatic heterocycles. The first-order valence-corrected chi connectivity index (χ1v) is 11.3. The van der Waals surface area contributed by atoms with E-state index in [-0.39, 0.29) is 29.2 Å². The minimum absolute atomic E-state index is 0.0154. The molecule has 4 rings (SSSR count). The fraction of sp³-hybridized carbons (Fsp3) is 0.148. The highest BCUT2D eigenvalue weighted by Gasteiger charge is 2.31. The molecule has 0 aliphatic carbocycles. The first kappa shape index (κ1) is 25.9. The molecule has 38 heavy (non-hydrogen) atoms. The number of nitro benzene ring substituents is 1. The average Bonchev–Trinajstić information content (AvgIpc) is 3.36. The molecule has 0 N–H and O–H groups in total. The molecule has 0 amide bonds. The van der Waals surface area contributed by atoms with Gasteiger partial charge in [-0.15, -0.1) is 0 Å². The largest absolute Gasteiger partial charge is 0.493 e. The van der Waals surface area contributed by atoms with Crippen LogP contribution in [0.15, 0.2) is 72.8 Å². The molecule has 0 saturated carbocycles. The summed E-state index contributed by atoms with van der Waals surface area (Å²) in [6.45, 7) is 0.135. The van der Waals surface area contributed by atoms with Gasteiger partial charge in [-0.1, -0.05) is 18.2 Å². The van der Waals surface area contributed by atoms with Crippen LogP contribution in [0, 0.1) is 10.1 Å². The van der Waals surface area contributed by atoms with E-state index in [1.165, 1.54) is 38.1 Å². The van der Waals surface area contributed by atoms with Crippen molar-refractivity contribution in [1.82, 2.24) is 9.78 Å². The third-order valence-corrected chi connectivity index (χ3v) is 5.63. The van der Waals surface area contributed by atoms with Crippen LogP contribution in [0.3, 0.4) is 0 Å². The minimum atomic E-state index is -0.764. The summed E-state index contributed by atoms with van der Waals surface area (Å²) in [6.07, 6.45) is 0. The molecule has 0 unspecified atom stereocenters. The predicted octanol–water partition coefficient (Wildman–Crippen LogP) is 4.61. The second-order valence-electron chi connectivity index (χ2n) is 7.88. The summed E-state index contributed by atoms with van der Waals surface area (Å²) in [5.41, 5.74) is 1.74. The predicted molar refractivity (Wildman–Crippen MR) is 136 cm³/mol. The highest BCUT2D eigenvalue weighted by molar-refractivity contribution is 6.06. The zero-order valence-electron chi connectivity index (χ0n) is 20.7. The van der Waals surface area contributed by atoms with Crippen LogP contribution in [-0.4, -0.2) is 48.0 Å². The van der Waals surface area contributed by atoms with E-state index in [4.69, 9.17) is 18.9 Å². The van der Waals surface area contributed by atoms with E-state index >= 15 is 0 Å². The Labute approximate surface area is 217 Å². The second-order valence-corrected chi connectivity index (χ2v) is 7.88. The first-order chi connectivity index (χ1) is 18.4. The van der Waals surface area contributed by atoms with Crippen LogP contribution in [0.2, 0.25) is 0 Å². The van der Waals surface area contributed by atoms with Gasteiger partial charge >= 0.3 is 11.9 Å². The van der Waals surface area contributed by atoms with Crippen molar-refractivity contribution in [2.24, 2.45) is 0 Å². The van der Waals surface area contributed by atoms with Crippen molar-refractivity contribution in [1.29, 1.82) is 0 Å². The Balaban J connectivity index is 1.74. The Morgan fingerprint density at radius 1 is 0.895 bits per heavy atom. The number of rotatable bonds is 9. The van der Waals surface area contributed by atoms with E-state index in [1.807, 2.05) is 6.07 Å². The maximum atomic E-state index is 12.9. The van der Waals surface area contributed by atoms with Crippen LogP contribution in [0.25, 0.3) is 16.9 Å². The SMILES string of the molecule is COC(=O)c1c(-c2ccc(OCc3ccc([N+](=O)[O-])cc3)c(OC)c2)nn(-c2ccccc2)c1C(=O)OC. The van der Waals surface area contributed by atoms with Gasteiger partial charge < -0.3 is 18.9 Å². The van der Waals surface area contributed by atoms with Crippen molar-refractivity contribution >= 4 is 17.6 Å². The van der Waals surface area contributed by atoms with Gasteiger partial charge in [0.1, 0.15) is 17.9 Å². The van der Waals surface area contributed by atoms with E-state index in [0.29, 0.717) is 22.7 Å². The van der Waals surface area contributed by atoms with Crippen LogP contribution in [-0.2, 0) is 16.1 Å². The number of nitrogens with zero attached hydrogens (tertiary/aromatic N) is 3. The number of carbonyl (C=O) groups excluding carboxylic acids is 2. The molecule has 0 radical (unpaired) electrons. The van der Waals surface area contributed by atoms with E-state index in [0.717, 1.165) is 5.56 Å². The number of aromatic nitrogens is 2. The van der Waals surface area contributed by atoms with Crippen LogP contribution >= 0.6 is 0 Å². The number of ether oxygens (including phenoxy) is 4. The molecule has 0 atom stereocenters. The number of non-ortho nitro benzene ring substituents is 1. The van der Waals surface area contributed by atoms with Crippen molar-refractivity contribution in [3.8, 4) is 28.4 Å². The topological polar surface area (TPSA) is 132 Å². The van der Waals surface area contributed by atoms with Gasteiger partial charge in [0.25, 0.3) is 5.69 Å². The summed E-state index contributed by atoms with van der Waals surface area (Å²) in [4.78, 5) is 36.0. The third-order valence-electron chi connectivity index (χ3n) is 5.63. The van der Waals surface area contributed by atoms with E-state index in [1.54, 1.807) is 54.6 Å². The molecule has 0 spiro atoms. The van der Waals surface area contributed by atoms with Gasteiger partial charge in [0.05, 0.1) is 31.9 Å². The lowest BCUT2D eigenvalue weighted by atomic mass is 10.0. The molecule has 0 bridgehead atoms. The number of esters is 2. The van der Waals surface area contributed by atoms with Crippen molar-refractivity contribution in [2.75, 3.05) is 21.3 Å².